The largest absolute Gasteiger partial charge is 0.382 e. The van der Waals surface area contributed by atoms with Crippen LogP contribution >= 0.6 is 0 Å². The number of amides is 1. The summed E-state index contributed by atoms with van der Waals surface area (Å²) >= 11 is 0. The van der Waals surface area contributed by atoms with E-state index in [1.165, 1.54) is 7.05 Å². The van der Waals surface area contributed by atoms with Crippen molar-refractivity contribution in [3.8, 4) is 0 Å². The molecule has 0 saturated heterocycles. The summed E-state index contributed by atoms with van der Waals surface area (Å²) in [6.45, 7) is 5.47. The van der Waals surface area contributed by atoms with Gasteiger partial charge in [0.2, 0.25) is 5.95 Å². The van der Waals surface area contributed by atoms with Crippen LogP contribution < -0.4 is 10.9 Å². The maximum absolute atomic E-state index is 13.1. The number of ether oxygens (including phenoxy) is 1. The number of nitrogens with zero attached hydrogens (tertiary/aromatic N) is 5. The lowest BCUT2D eigenvalue weighted by Gasteiger charge is -2.10. The smallest absolute Gasteiger partial charge is 0.296 e. The Morgan fingerprint density at radius 1 is 1.30 bits per heavy atom. The van der Waals surface area contributed by atoms with Gasteiger partial charge in [-0.05, 0) is 32.4 Å². The molecule has 4 rings (SSSR count). The van der Waals surface area contributed by atoms with Gasteiger partial charge in [-0.3, -0.25) is 14.9 Å². The fourth-order valence-electron chi connectivity index (χ4n) is 3.38. The number of rotatable bonds is 7. The van der Waals surface area contributed by atoms with Crippen LogP contribution in [0.25, 0.3) is 21.9 Å². The Bertz CT molecular complexity index is 1290. The maximum Gasteiger partial charge on any atom is 0.296 e. The van der Waals surface area contributed by atoms with Crippen LogP contribution in [0.3, 0.4) is 0 Å². The van der Waals surface area contributed by atoms with E-state index in [0.29, 0.717) is 36.9 Å². The highest BCUT2D eigenvalue weighted by atomic mass is 16.5. The number of carbonyl (C=O) groups excluding carboxylic acids is 1. The third kappa shape index (κ3) is 3.45. The monoisotopic (exact) mass is 410 g/mol. The number of anilines is 1. The average Bonchev–Trinajstić information content (AvgIpc) is 3.29. The van der Waals surface area contributed by atoms with Gasteiger partial charge in [0.1, 0.15) is 5.76 Å². The van der Waals surface area contributed by atoms with Crippen molar-refractivity contribution in [2.24, 2.45) is 7.05 Å². The lowest BCUT2D eigenvalue weighted by molar-refractivity contribution is 0.102. The first-order valence-corrected chi connectivity index (χ1v) is 9.69. The number of hydrogen-bond acceptors (Lipinski definition) is 7. The maximum atomic E-state index is 13.1. The summed E-state index contributed by atoms with van der Waals surface area (Å²) in [4.78, 5) is 29.9. The molecule has 4 aromatic rings. The van der Waals surface area contributed by atoms with Crippen molar-refractivity contribution >= 4 is 33.8 Å². The normalized spacial score (nSPS) is 11.4. The Balaban J connectivity index is 1.72. The molecular formula is C20H22N6O4. The summed E-state index contributed by atoms with van der Waals surface area (Å²) in [5.74, 6) is 0.254. The quantitative estimate of drug-likeness (QED) is 0.464. The molecule has 0 bridgehead atoms. The van der Waals surface area contributed by atoms with E-state index in [1.54, 1.807) is 6.92 Å². The molecule has 0 radical (unpaired) electrons. The number of para-hydroxylation sites is 2. The lowest BCUT2D eigenvalue weighted by atomic mass is 10.2. The molecule has 0 aliphatic heterocycles. The molecule has 1 aromatic carbocycles. The van der Waals surface area contributed by atoms with E-state index >= 15 is 0 Å². The molecule has 1 amide bonds. The molecule has 0 aliphatic rings. The third-order valence-corrected chi connectivity index (χ3v) is 4.82. The van der Waals surface area contributed by atoms with Crippen LogP contribution in [0, 0.1) is 6.92 Å². The molecule has 156 valence electrons. The highest BCUT2D eigenvalue weighted by Crippen LogP contribution is 2.22. The van der Waals surface area contributed by atoms with E-state index < -0.39 is 11.5 Å². The van der Waals surface area contributed by atoms with Crippen molar-refractivity contribution < 1.29 is 14.1 Å². The van der Waals surface area contributed by atoms with Gasteiger partial charge in [-0.25, -0.2) is 9.67 Å². The van der Waals surface area contributed by atoms with Gasteiger partial charge in [-0.1, -0.05) is 17.3 Å². The van der Waals surface area contributed by atoms with Crippen molar-refractivity contribution in [2.45, 2.75) is 26.8 Å². The van der Waals surface area contributed by atoms with Crippen molar-refractivity contribution in [1.29, 1.82) is 0 Å². The predicted molar refractivity (Wildman–Crippen MR) is 111 cm³/mol. The summed E-state index contributed by atoms with van der Waals surface area (Å²) in [5.41, 5.74) is 1.37. The van der Waals surface area contributed by atoms with Crippen LogP contribution in [0.2, 0.25) is 0 Å². The van der Waals surface area contributed by atoms with Gasteiger partial charge in [0, 0.05) is 26.8 Å². The number of nitrogens with one attached hydrogen (secondary N) is 1. The highest BCUT2D eigenvalue weighted by molar-refractivity contribution is 6.10. The number of fused-ring (bicyclic) bond motifs is 2. The Kier molecular flexibility index (Phi) is 5.32. The van der Waals surface area contributed by atoms with Gasteiger partial charge in [0.05, 0.1) is 16.4 Å². The molecule has 0 fully saturated rings. The van der Waals surface area contributed by atoms with E-state index in [0.717, 1.165) is 22.1 Å². The van der Waals surface area contributed by atoms with Gasteiger partial charge >= 0.3 is 0 Å². The molecule has 0 atom stereocenters. The molecule has 3 heterocycles. The number of aromatic nitrogens is 5. The average molecular weight is 410 g/mol. The zero-order valence-electron chi connectivity index (χ0n) is 17.0. The first-order valence-electron chi connectivity index (χ1n) is 9.69. The minimum atomic E-state index is -0.497. The predicted octanol–water partition coefficient (Wildman–Crippen LogP) is 2.26. The molecule has 10 nitrogen and oxygen atoms in total. The van der Waals surface area contributed by atoms with Crippen molar-refractivity contribution in [3.63, 3.8) is 0 Å². The molecule has 0 saturated carbocycles. The second-order valence-corrected chi connectivity index (χ2v) is 6.82. The van der Waals surface area contributed by atoms with Crippen molar-refractivity contribution in [2.75, 3.05) is 18.5 Å². The molecule has 3 aromatic heterocycles. The Morgan fingerprint density at radius 2 is 2.10 bits per heavy atom. The lowest BCUT2D eigenvalue weighted by Crippen LogP contribution is -2.26. The fraction of sp³-hybridized carbons (Fsp3) is 0.350. The van der Waals surface area contributed by atoms with Gasteiger partial charge in [-0.2, -0.15) is 5.10 Å². The molecule has 10 heteroatoms. The topological polar surface area (TPSA) is 117 Å². The van der Waals surface area contributed by atoms with E-state index in [4.69, 9.17) is 9.26 Å². The number of hydrogen-bond donors (Lipinski definition) is 1. The first-order chi connectivity index (χ1) is 14.5. The van der Waals surface area contributed by atoms with E-state index in [-0.39, 0.29) is 11.2 Å². The van der Waals surface area contributed by atoms with Crippen LogP contribution in [0.1, 0.15) is 29.6 Å². The van der Waals surface area contributed by atoms with E-state index in [2.05, 4.69) is 20.6 Å². The summed E-state index contributed by atoms with van der Waals surface area (Å²) in [7, 11) is 1.46. The standard InChI is InChI=1S/C20H22N6O4/c1-4-29-11-7-10-26-14-9-6-5-8-13(14)21-20(26)22-18(27)16-15-12(2)30-24-17(15)19(28)25(3)23-16/h5-6,8-9H,4,7,10-11H2,1-3H3,(H,21,22,27). The third-order valence-electron chi connectivity index (χ3n) is 4.82. The van der Waals surface area contributed by atoms with E-state index in [9.17, 15) is 9.59 Å². The summed E-state index contributed by atoms with van der Waals surface area (Å²) in [6, 6.07) is 7.65. The molecule has 0 aliphatic carbocycles. The zero-order chi connectivity index (χ0) is 21.3. The van der Waals surface area contributed by atoms with Crippen molar-refractivity contribution in [3.05, 3.63) is 46.1 Å². The number of benzene rings is 1. The van der Waals surface area contributed by atoms with Crippen LogP contribution in [-0.4, -0.2) is 43.6 Å². The van der Waals surface area contributed by atoms with Crippen LogP contribution in [0.5, 0.6) is 0 Å². The van der Waals surface area contributed by atoms with Crippen LogP contribution in [-0.2, 0) is 18.3 Å². The zero-order valence-corrected chi connectivity index (χ0v) is 17.0. The van der Waals surface area contributed by atoms with Gasteiger partial charge in [-0.15, -0.1) is 0 Å². The van der Waals surface area contributed by atoms with Gasteiger partial charge < -0.3 is 13.8 Å². The second kappa shape index (κ2) is 8.07. The number of aryl methyl sites for hydroxylation is 3. The number of carbonyl (C=O) groups is 1. The Hall–Kier alpha value is -3.53. The molecule has 30 heavy (non-hydrogen) atoms. The summed E-state index contributed by atoms with van der Waals surface area (Å²) in [5, 5.41) is 11.0. The first kappa shape index (κ1) is 19.8. The van der Waals surface area contributed by atoms with Gasteiger partial charge in [0.25, 0.3) is 11.5 Å². The Labute approximate surface area is 171 Å². The van der Waals surface area contributed by atoms with Crippen LogP contribution in [0.4, 0.5) is 5.95 Å². The SMILES string of the molecule is CCOCCCn1c(NC(=O)c2nn(C)c(=O)c3noc(C)c23)nc2ccccc21. The molecular weight excluding hydrogens is 388 g/mol. The minimum absolute atomic E-state index is 0.0544. The highest BCUT2D eigenvalue weighted by Gasteiger charge is 2.23. The minimum Gasteiger partial charge on any atom is -0.382 e. The Morgan fingerprint density at radius 3 is 2.90 bits per heavy atom. The fourth-order valence-corrected chi connectivity index (χ4v) is 3.38. The molecule has 0 spiro atoms. The number of imidazole rings is 1. The summed E-state index contributed by atoms with van der Waals surface area (Å²) < 4.78 is 13.6. The van der Waals surface area contributed by atoms with Gasteiger partial charge in [0.15, 0.2) is 11.2 Å². The van der Waals surface area contributed by atoms with E-state index in [1.807, 2.05) is 35.8 Å². The second-order valence-electron chi connectivity index (χ2n) is 6.82. The summed E-state index contributed by atoms with van der Waals surface area (Å²) in [6.07, 6.45) is 0.768. The van der Waals surface area contributed by atoms with Crippen molar-refractivity contribution in [1.82, 2.24) is 24.5 Å². The van der Waals surface area contributed by atoms with Crippen LogP contribution in [0.15, 0.2) is 33.6 Å². The molecule has 1 N–H and O–H groups in total. The molecule has 0 unspecified atom stereocenters.